The predicted octanol–water partition coefficient (Wildman–Crippen LogP) is 3.29. The van der Waals surface area contributed by atoms with E-state index in [-0.39, 0.29) is 23.5 Å². The van der Waals surface area contributed by atoms with Crippen molar-refractivity contribution in [2.45, 2.75) is 83.7 Å². The summed E-state index contributed by atoms with van der Waals surface area (Å²) in [6.07, 6.45) is 9.02. The van der Waals surface area contributed by atoms with E-state index in [0.29, 0.717) is 5.92 Å². The molecule has 0 aromatic heterocycles. The van der Waals surface area contributed by atoms with E-state index in [1.807, 2.05) is 4.90 Å². The second kappa shape index (κ2) is 7.55. The van der Waals surface area contributed by atoms with Crippen LogP contribution >= 0.6 is 0 Å². The Morgan fingerprint density at radius 2 is 1.84 bits per heavy atom. The predicted molar refractivity (Wildman–Crippen MR) is 99.2 cm³/mol. The highest BCUT2D eigenvalue weighted by Gasteiger charge is 2.45. The number of amides is 3. The van der Waals surface area contributed by atoms with Crippen LogP contribution in [-0.4, -0.2) is 41.5 Å². The molecule has 5 nitrogen and oxygen atoms in total. The Balaban J connectivity index is 1.55. The summed E-state index contributed by atoms with van der Waals surface area (Å²) in [7, 11) is 0. The van der Waals surface area contributed by atoms with Crippen molar-refractivity contribution in [1.82, 2.24) is 15.5 Å². The monoisotopic (exact) mass is 349 g/mol. The van der Waals surface area contributed by atoms with Crippen LogP contribution in [0.1, 0.15) is 72.1 Å². The van der Waals surface area contributed by atoms with Gasteiger partial charge in [0.25, 0.3) is 0 Å². The number of nitrogens with one attached hydrogen (secondary N) is 2. The number of fused-ring (bicyclic) bond motifs is 2. The van der Waals surface area contributed by atoms with Gasteiger partial charge >= 0.3 is 6.03 Å². The molecular weight excluding hydrogens is 314 g/mol. The normalized spacial score (nSPS) is 36.0. The van der Waals surface area contributed by atoms with E-state index in [2.05, 4.69) is 24.5 Å². The second-order valence-corrected chi connectivity index (χ2v) is 8.99. The molecule has 4 unspecified atom stereocenters. The summed E-state index contributed by atoms with van der Waals surface area (Å²) in [6, 6.07) is 0.195. The van der Waals surface area contributed by atoms with E-state index in [0.717, 1.165) is 57.0 Å². The van der Waals surface area contributed by atoms with Crippen LogP contribution in [0.3, 0.4) is 0 Å². The number of piperidine rings is 1. The van der Waals surface area contributed by atoms with Crippen LogP contribution in [0.15, 0.2) is 0 Å². The minimum Gasteiger partial charge on any atom is -0.343 e. The SMILES string of the molecule is CCC1CC2CC(C)CC(NC(=O)NC3CCN(C(C)=O)CC3)(C1)C2. The van der Waals surface area contributed by atoms with E-state index >= 15 is 0 Å². The van der Waals surface area contributed by atoms with Gasteiger partial charge in [0, 0.05) is 31.6 Å². The van der Waals surface area contributed by atoms with E-state index in [1.165, 1.54) is 19.3 Å². The van der Waals surface area contributed by atoms with Crippen LogP contribution in [0.25, 0.3) is 0 Å². The maximum absolute atomic E-state index is 12.7. The fourth-order valence-corrected chi connectivity index (χ4v) is 5.76. The second-order valence-electron chi connectivity index (χ2n) is 8.99. The van der Waals surface area contributed by atoms with E-state index in [1.54, 1.807) is 6.92 Å². The molecule has 1 aliphatic heterocycles. The Kier molecular flexibility index (Phi) is 5.59. The van der Waals surface area contributed by atoms with Crippen molar-refractivity contribution in [3.05, 3.63) is 0 Å². The summed E-state index contributed by atoms with van der Waals surface area (Å²) in [6.45, 7) is 7.74. The van der Waals surface area contributed by atoms with Crippen LogP contribution < -0.4 is 10.6 Å². The number of hydrogen-bond donors (Lipinski definition) is 2. The van der Waals surface area contributed by atoms with E-state index < -0.39 is 0 Å². The van der Waals surface area contributed by atoms with Gasteiger partial charge in [-0.15, -0.1) is 0 Å². The first-order valence-corrected chi connectivity index (χ1v) is 10.2. The molecule has 2 bridgehead atoms. The van der Waals surface area contributed by atoms with Crippen LogP contribution in [0, 0.1) is 17.8 Å². The summed E-state index contributed by atoms with van der Waals surface area (Å²) < 4.78 is 0. The molecule has 142 valence electrons. The number of rotatable bonds is 3. The van der Waals surface area contributed by atoms with Crippen molar-refractivity contribution in [1.29, 1.82) is 0 Å². The topological polar surface area (TPSA) is 61.4 Å². The average Bonchev–Trinajstić information content (AvgIpc) is 2.53. The molecule has 2 saturated carbocycles. The summed E-state index contributed by atoms with van der Waals surface area (Å²) in [4.78, 5) is 26.0. The number of likely N-dealkylation sites (tertiary alicyclic amines) is 1. The summed E-state index contributed by atoms with van der Waals surface area (Å²) >= 11 is 0. The Labute approximate surface area is 152 Å². The molecule has 0 aromatic carbocycles. The maximum atomic E-state index is 12.7. The Morgan fingerprint density at radius 1 is 1.12 bits per heavy atom. The van der Waals surface area contributed by atoms with Crippen molar-refractivity contribution >= 4 is 11.9 Å². The molecule has 3 amide bonds. The fourth-order valence-electron chi connectivity index (χ4n) is 5.76. The number of hydrogen-bond acceptors (Lipinski definition) is 2. The zero-order valence-electron chi connectivity index (χ0n) is 16.1. The average molecular weight is 350 g/mol. The van der Waals surface area contributed by atoms with Crippen molar-refractivity contribution in [3.8, 4) is 0 Å². The molecule has 2 N–H and O–H groups in total. The third-order valence-corrected chi connectivity index (χ3v) is 6.73. The Morgan fingerprint density at radius 3 is 2.48 bits per heavy atom. The lowest BCUT2D eigenvalue weighted by molar-refractivity contribution is -0.129. The van der Waals surface area contributed by atoms with Gasteiger partial charge in [-0.3, -0.25) is 4.79 Å². The molecule has 0 spiro atoms. The first kappa shape index (κ1) is 18.5. The molecule has 0 aromatic rings. The van der Waals surface area contributed by atoms with Crippen molar-refractivity contribution in [2.24, 2.45) is 17.8 Å². The van der Waals surface area contributed by atoms with Crippen LogP contribution in [0.4, 0.5) is 4.79 Å². The van der Waals surface area contributed by atoms with Crippen molar-refractivity contribution < 1.29 is 9.59 Å². The molecule has 0 radical (unpaired) electrons. The number of carbonyl (C=O) groups excluding carboxylic acids is 2. The van der Waals surface area contributed by atoms with E-state index in [4.69, 9.17) is 0 Å². The molecule has 4 atom stereocenters. The molecule has 2 aliphatic carbocycles. The smallest absolute Gasteiger partial charge is 0.315 e. The molecule has 3 fully saturated rings. The molecular formula is C20H35N3O2. The molecule has 25 heavy (non-hydrogen) atoms. The van der Waals surface area contributed by atoms with Gasteiger partial charge in [0.05, 0.1) is 0 Å². The highest BCUT2D eigenvalue weighted by atomic mass is 16.2. The summed E-state index contributed by atoms with van der Waals surface area (Å²) in [5.74, 6) is 2.37. The van der Waals surface area contributed by atoms with Gasteiger partial charge in [0.1, 0.15) is 0 Å². The van der Waals surface area contributed by atoms with E-state index in [9.17, 15) is 9.59 Å². The lowest BCUT2D eigenvalue weighted by Crippen LogP contribution is -2.60. The highest BCUT2D eigenvalue weighted by molar-refractivity contribution is 5.75. The van der Waals surface area contributed by atoms with Gasteiger partial charge in [-0.1, -0.05) is 20.3 Å². The molecule has 1 saturated heterocycles. The largest absolute Gasteiger partial charge is 0.343 e. The maximum Gasteiger partial charge on any atom is 0.315 e. The zero-order chi connectivity index (χ0) is 18.0. The summed E-state index contributed by atoms with van der Waals surface area (Å²) in [5, 5.41) is 6.59. The van der Waals surface area contributed by atoms with Gasteiger partial charge in [-0.25, -0.2) is 4.79 Å². The van der Waals surface area contributed by atoms with Crippen LogP contribution in [-0.2, 0) is 4.79 Å². The molecule has 5 heteroatoms. The lowest BCUT2D eigenvalue weighted by Gasteiger charge is -2.51. The molecule has 1 heterocycles. The Bertz CT molecular complexity index is 497. The first-order chi connectivity index (χ1) is 11.9. The van der Waals surface area contributed by atoms with Crippen molar-refractivity contribution in [3.63, 3.8) is 0 Å². The minimum absolute atomic E-state index is 0.00539. The van der Waals surface area contributed by atoms with Gasteiger partial charge in [-0.2, -0.15) is 0 Å². The highest BCUT2D eigenvalue weighted by Crippen LogP contribution is 2.48. The van der Waals surface area contributed by atoms with Crippen molar-refractivity contribution in [2.75, 3.05) is 13.1 Å². The number of carbonyl (C=O) groups is 2. The van der Waals surface area contributed by atoms with Crippen LogP contribution in [0.2, 0.25) is 0 Å². The first-order valence-electron chi connectivity index (χ1n) is 10.2. The Hall–Kier alpha value is -1.26. The van der Waals surface area contributed by atoms with Gasteiger partial charge in [0.15, 0.2) is 0 Å². The third-order valence-electron chi connectivity index (χ3n) is 6.73. The quantitative estimate of drug-likeness (QED) is 0.821. The van der Waals surface area contributed by atoms with Gasteiger partial charge < -0.3 is 15.5 Å². The minimum atomic E-state index is 0.00539. The zero-order valence-corrected chi connectivity index (χ0v) is 16.1. The van der Waals surface area contributed by atoms with Gasteiger partial charge in [-0.05, 0) is 62.7 Å². The number of urea groups is 1. The fraction of sp³-hybridized carbons (Fsp3) is 0.900. The third kappa shape index (κ3) is 4.48. The molecule has 3 rings (SSSR count). The lowest BCUT2D eigenvalue weighted by atomic mass is 9.60. The molecule has 3 aliphatic rings. The van der Waals surface area contributed by atoms with Crippen LogP contribution in [0.5, 0.6) is 0 Å². The number of nitrogens with zero attached hydrogens (tertiary/aromatic N) is 1. The van der Waals surface area contributed by atoms with Gasteiger partial charge in [0.2, 0.25) is 5.91 Å². The summed E-state index contributed by atoms with van der Waals surface area (Å²) in [5.41, 5.74) is 0.00539. The standard InChI is InChI=1S/C20H35N3O2/c1-4-16-10-17-9-14(2)11-20(12-16,13-17)22-19(25)21-18-5-7-23(8-6-18)15(3)24/h14,16-18H,4-13H2,1-3H3,(H2,21,22,25).